The highest BCUT2D eigenvalue weighted by Crippen LogP contribution is 2.37. The van der Waals surface area contributed by atoms with Crippen LogP contribution in [0.5, 0.6) is 11.5 Å². The molecular formula is C10H10O2S2. The fourth-order valence-corrected chi connectivity index (χ4v) is 2.48. The molecule has 1 N–H and O–H groups in total. The van der Waals surface area contributed by atoms with Crippen molar-refractivity contribution in [1.82, 2.24) is 0 Å². The minimum absolute atomic E-state index is 0.195. The molecule has 0 saturated carbocycles. The molecule has 1 aromatic heterocycles. The average molecular weight is 226 g/mol. The van der Waals surface area contributed by atoms with E-state index in [1.165, 1.54) is 0 Å². The number of phenols is 1. The van der Waals surface area contributed by atoms with E-state index in [0.717, 1.165) is 15.8 Å². The number of hydrogen-bond donors (Lipinski definition) is 2. The summed E-state index contributed by atoms with van der Waals surface area (Å²) in [6.45, 7) is 2.57. The van der Waals surface area contributed by atoms with Gasteiger partial charge in [-0.3, -0.25) is 0 Å². The lowest BCUT2D eigenvalue weighted by atomic mass is 10.2. The highest BCUT2D eigenvalue weighted by molar-refractivity contribution is 7.80. The Morgan fingerprint density at radius 2 is 2.29 bits per heavy atom. The summed E-state index contributed by atoms with van der Waals surface area (Å²) in [5.74, 6) is 1.02. The Balaban J connectivity index is 2.61. The summed E-state index contributed by atoms with van der Waals surface area (Å²) in [6, 6.07) is 3.54. The fourth-order valence-electron chi connectivity index (χ4n) is 1.30. The third kappa shape index (κ3) is 1.55. The van der Waals surface area contributed by atoms with Crippen LogP contribution in [0, 0.1) is 0 Å². The van der Waals surface area contributed by atoms with Gasteiger partial charge in [-0.2, -0.15) is 0 Å². The van der Waals surface area contributed by atoms with Gasteiger partial charge in [0.05, 0.1) is 6.61 Å². The predicted molar refractivity (Wildman–Crippen MR) is 61.9 cm³/mol. The molecule has 0 spiro atoms. The van der Waals surface area contributed by atoms with Crippen LogP contribution in [-0.2, 0) is 0 Å². The normalized spacial score (nSPS) is 10.7. The Morgan fingerprint density at radius 1 is 1.50 bits per heavy atom. The van der Waals surface area contributed by atoms with Crippen LogP contribution in [0.2, 0.25) is 0 Å². The molecule has 2 rings (SSSR count). The lowest BCUT2D eigenvalue weighted by Gasteiger charge is -2.01. The molecule has 14 heavy (non-hydrogen) atoms. The van der Waals surface area contributed by atoms with Gasteiger partial charge in [0.2, 0.25) is 0 Å². The average Bonchev–Trinajstić information content (AvgIpc) is 2.51. The summed E-state index contributed by atoms with van der Waals surface area (Å²) in [6.07, 6.45) is 0. The highest BCUT2D eigenvalue weighted by Gasteiger charge is 2.07. The topological polar surface area (TPSA) is 29.5 Å². The van der Waals surface area contributed by atoms with Crippen molar-refractivity contribution in [3.05, 3.63) is 17.5 Å². The summed E-state index contributed by atoms with van der Waals surface area (Å²) < 4.78 is 6.51. The van der Waals surface area contributed by atoms with E-state index in [1.54, 1.807) is 17.4 Å². The molecule has 0 aliphatic carbocycles. The first-order valence-electron chi connectivity index (χ1n) is 4.28. The molecule has 1 heterocycles. The largest absolute Gasteiger partial charge is 0.507 e. The lowest BCUT2D eigenvalue weighted by Crippen LogP contribution is -1.89. The predicted octanol–water partition coefficient (Wildman–Crippen LogP) is 3.29. The summed E-state index contributed by atoms with van der Waals surface area (Å²) in [4.78, 5) is 0.599. The van der Waals surface area contributed by atoms with E-state index in [0.29, 0.717) is 11.5 Å². The van der Waals surface area contributed by atoms with E-state index < -0.39 is 0 Å². The van der Waals surface area contributed by atoms with E-state index in [1.807, 2.05) is 18.4 Å². The number of ether oxygens (including phenoxy) is 1. The SMILES string of the molecule is CCOc1csc2cc(S)c(O)cc12. The van der Waals surface area contributed by atoms with Crippen molar-refractivity contribution < 1.29 is 9.84 Å². The molecule has 2 nitrogen and oxygen atoms in total. The van der Waals surface area contributed by atoms with Crippen molar-refractivity contribution in [2.24, 2.45) is 0 Å². The zero-order chi connectivity index (χ0) is 10.1. The molecule has 4 heteroatoms. The van der Waals surface area contributed by atoms with Gasteiger partial charge in [0.25, 0.3) is 0 Å². The van der Waals surface area contributed by atoms with Crippen LogP contribution in [-0.4, -0.2) is 11.7 Å². The van der Waals surface area contributed by atoms with Crippen LogP contribution in [0.3, 0.4) is 0 Å². The van der Waals surface area contributed by atoms with E-state index in [4.69, 9.17) is 4.74 Å². The van der Waals surface area contributed by atoms with Gasteiger partial charge in [-0.15, -0.1) is 24.0 Å². The Hall–Kier alpha value is -0.870. The Bertz CT molecular complexity index is 462. The number of rotatable bonds is 2. The fraction of sp³-hybridized carbons (Fsp3) is 0.200. The molecule has 0 aliphatic rings. The molecule has 0 amide bonds. The zero-order valence-electron chi connectivity index (χ0n) is 7.65. The van der Waals surface area contributed by atoms with Crippen LogP contribution in [0.25, 0.3) is 10.1 Å². The second-order valence-corrected chi connectivity index (χ2v) is 4.26. The number of hydrogen-bond acceptors (Lipinski definition) is 4. The van der Waals surface area contributed by atoms with Gasteiger partial charge in [0.1, 0.15) is 11.5 Å². The van der Waals surface area contributed by atoms with Crippen LogP contribution in [0.15, 0.2) is 22.4 Å². The Morgan fingerprint density at radius 3 is 3.00 bits per heavy atom. The summed E-state index contributed by atoms with van der Waals surface area (Å²) in [5.41, 5.74) is 0. The number of phenolic OH excluding ortho intramolecular Hbond substituents is 1. The maximum atomic E-state index is 9.50. The van der Waals surface area contributed by atoms with E-state index >= 15 is 0 Å². The number of aromatic hydroxyl groups is 1. The molecule has 0 bridgehead atoms. The second-order valence-electron chi connectivity index (χ2n) is 2.87. The van der Waals surface area contributed by atoms with Crippen molar-refractivity contribution >= 4 is 34.1 Å². The Labute approximate surface area is 91.5 Å². The van der Waals surface area contributed by atoms with Crippen LogP contribution >= 0.6 is 24.0 Å². The maximum Gasteiger partial charge on any atom is 0.137 e. The molecule has 2 aromatic rings. The first kappa shape index (κ1) is 9.68. The molecule has 0 unspecified atom stereocenters. The standard InChI is InChI=1S/C10H10O2S2/c1-2-12-8-5-14-10-4-9(13)7(11)3-6(8)10/h3-5,11,13H,2H2,1H3. The maximum absolute atomic E-state index is 9.50. The third-order valence-corrected chi connectivity index (χ3v) is 3.22. The number of fused-ring (bicyclic) bond motifs is 1. The number of thiophene rings is 1. The van der Waals surface area contributed by atoms with Crippen molar-refractivity contribution in [2.75, 3.05) is 6.61 Å². The van der Waals surface area contributed by atoms with Crippen molar-refractivity contribution in [1.29, 1.82) is 0 Å². The Kier molecular flexibility index (Phi) is 2.56. The molecule has 0 radical (unpaired) electrons. The van der Waals surface area contributed by atoms with Gasteiger partial charge in [-0.05, 0) is 19.1 Å². The molecule has 0 atom stereocenters. The van der Waals surface area contributed by atoms with Gasteiger partial charge in [0.15, 0.2) is 0 Å². The number of thiol groups is 1. The van der Waals surface area contributed by atoms with E-state index in [2.05, 4.69) is 12.6 Å². The second kappa shape index (κ2) is 3.71. The van der Waals surface area contributed by atoms with Crippen molar-refractivity contribution in [2.45, 2.75) is 11.8 Å². The van der Waals surface area contributed by atoms with Crippen LogP contribution in [0.4, 0.5) is 0 Å². The van der Waals surface area contributed by atoms with Gasteiger partial charge in [-0.1, -0.05) is 0 Å². The first-order valence-corrected chi connectivity index (χ1v) is 5.61. The summed E-state index contributed by atoms with van der Waals surface area (Å²) in [7, 11) is 0. The molecule has 0 saturated heterocycles. The lowest BCUT2D eigenvalue weighted by molar-refractivity contribution is 0.345. The molecule has 0 aliphatic heterocycles. The zero-order valence-corrected chi connectivity index (χ0v) is 9.36. The van der Waals surface area contributed by atoms with Crippen LogP contribution in [0.1, 0.15) is 6.92 Å². The van der Waals surface area contributed by atoms with Gasteiger partial charge in [-0.25, -0.2) is 0 Å². The van der Waals surface area contributed by atoms with Gasteiger partial charge >= 0.3 is 0 Å². The third-order valence-electron chi connectivity index (χ3n) is 1.93. The van der Waals surface area contributed by atoms with E-state index in [-0.39, 0.29) is 5.75 Å². The molecule has 0 fully saturated rings. The van der Waals surface area contributed by atoms with Crippen molar-refractivity contribution in [3.63, 3.8) is 0 Å². The minimum Gasteiger partial charge on any atom is -0.507 e. The monoisotopic (exact) mass is 226 g/mol. The smallest absolute Gasteiger partial charge is 0.137 e. The summed E-state index contributed by atoms with van der Waals surface area (Å²) in [5, 5.41) is 12.4. The first-order chi connectivity index (χ1) is 6.72. The quantitative estimate of drug-likeness (QED) is 0.769. The highest BCUT2D eigenvalue weighted by atomic mass is 32.1. The molecule has 1 aromatic carbocycles. The summed E-state index contributed by atoms with van der Waals surface area (Å²) >= 11 is 5.74. The van der Waals surface area contributed by atoms with Crippen LogP contribution < -0.4 is 4.74 Å². The van der Waals surface area contributed by atoms with E-state index in [9.17, 15) is 5.11 Å². The molecular weight excluding hydrogens is 216 g/mol. The molecule has 74 valence electrons. The minimum atomic E-state index is 0.195. The van der Waals surface area contributed by atoms with Gasteiger partial charge < -0.3 is 9.84 Å². The van der Waals surface area contributed by atoms with Gasteiger partial charge in [0, 0.05) is 20.4 Å². The van der Waals surface area contributed by atoms with Crippen molar-refractivity contribution in [3.8, 4) is 11.5 Å². The number of benzene rings is 1.